The zero-order valence-corrected chi connectivity index (χ0v) is 9.70. The highest BCUT2D eigenvalue weighted by atomic mass is 16.5. The van der Waals surface area contributed by atoms with E-state index in [-0.39, 0.29) is 0 Å². The number of nitrogens with one attached hydrogen (secondary N) is 1. The smallest absolute Gasteiger partial charge is 0.119 e. The van der Waals surface area contributed by atoms with Gasteiger partial charge in [-0.3, -0.25) is 0 Å². The van der Waals surface area contributed by atoms with Crippen LogP contribution in [-0.2, 0) is 5.60 Å². The van der Waals surface area contributed by atoms with E-state index in [9.17, 15) is 5.11 Å². The normalized spacial score (nSPS) is 25.4. The topological polar surface area (TPSA) is 41.5 Å². The Labute approximate surface area is 96.4 Å². The van der Waals surface area contributed by atoms with Crippen LogP contribution < -0.4 is 10.1 Å². The first kappa shape index (κ1) is 11.4. The molecule has 0 aliphatic carbocycles. The van der Waals surface area contributed by atoms with Gasteiger partial charge in [0.15, 0.2) is 0 Å². The van der Waals surface area contributed by atoms with Crippen molar-refractivity contribution in [2.75, 3.05) is 19.7 Å². The van der Waals surface area contributed by atoms with Gasteiger partial charge in [0.1, 0.15) is 11.4 Å². The average molecular weight is 221 g/mol. The summed E-state index contributed by atoms with van der Waals surface area (Å²) in [4.78, 5) is 0. The van der Waals surface area contributed by atoms with Crippen LogP contribution >= 0.6 is 0 Å². The lowest BCUT2D eigenvalue weighted by atomic mass is 9.87. The summed E-state index contributed by atoms with van der Waals surface area (Å²) >= 11 is 0. The number of rotatable bonds is 3. The molecule has 16 heavy (non-hydrogen) atoms. The van der Waals surface area contributed by atoms with Crippen LogP contribution in [0.5, 0.6) is 5.75 Å². The van der Waals surface area contributed by atoms with E-state index in [1.807, 2.05) is 31.2 Å². The fourth-order valence-electron chi connectivity index (χ4n) is 2.16. The highest BCUT2D eigenvalue weighted by molar-refractivity contribution is 5.31. The Hall–Kier alpha value is -1.06. The van der Waals surface area contributed by atoms with Crippen molar-refractivity contribution < 1.29 is 9.84 Å². The second-order valence-electron chi connectivity index (χ2n) is 4.27. The molecule has 88 valence electrons. The molecule has 1 unspecified atom stereocenters. The van der Waals surface area contributed by atoms with Gasteiger partial charge in [-0.05, 0) is 44.0 Å². The van der Waals surface area contributed by atoms with Crippen molar-refractivity contribution in [2.45, 2.75) is 25.4 Å². The number of benzene rings is 1. The first-order valence-electron chi connectivity index (χ1n) is 5.91. The van der Waals surface area contributed by atoms with Gasteiger partial charge in [0, 0.05) is 6.54 Å². The molecule has 2 N–H and O–H groups in total. The molecule has 0 saturated carbocycles. The molecular weight excluding hydrogens is 202 g/mol. The van der Waals surface area contributed by atoms with Crippen molar-refractivity contribution in [1.29, 1.82) is 0 Å². The summed E-state index contributed by atoms with van der Waals surface area (Å²) in [6, 6.07) is 7.76. The minimum atomic E-state index is -0.705. The van der Waals surface area contributed by atoms with Crippen LogP contribution in [0.2, 0.25) is 0 Å². The number of hydrogen-bond donors (Lipinski definition) is 2. The third-order valence-corrected chi connectivity index (χ3v) is 3.06. The maximum absolute atomic E-state index is 10.5. The SMILES string of the molecule is CCOc1ccc(C2(O)CCCNC2)cc1. The highest BCUT2D eigenvalue weighted by Crippen LogP contribution is 2.29. The molecule has 3 heteroatoms. The van der Waals surface area contributed by atoms with Crippen LogP contribution in [0.1, 0.15) is 25.3 Å². The molecule has 2 rings (SSSR count). The van der Waals surface area contributed by atoms with E-state index in [0.29, 0.717) is 13.2 Å². The molecule has 1 aliphatic rings. The number of aliphatic hydroxyl groups is 1. The number of ether oxygens (including phenoxy) is 1. The summed E-state index contributed by atoms with van der Waals surface area (Å²) in [6.07, 6.45) is 1.84. The van der Waals surface area contributed by atoms with Gasteiger partial charge in [-0.15, -0.1) is 0 Å². The van der Waals surface area contributed by atoms with E-state index in [1.54, 1.807) is 0 Å². The van der Waals surface area contributed by atoms with Gasteiger partial charge in [-0.25, -0.2) is 0 Å². The van der Waals surface area contributed by atoms with E-state index in [2.05, 4.69) is 5.32 Å². The minimum Gasteiger partial charge on any atom is -0.494 e. The van der Waals surface area contributed by atoms with Crippen LogP contribution in [0, 0.1) is 0 Å². The summed E-state index contributed by atoms with van der Waals surface area (Å²) in [6.45, 7) is 4.28. The maximum atomic E-state index is 10.5. The minimum absolute atomic E-state index is 0.640. The van der Waals surface area contributed by atoms with Gasteiger partial charge in [0.05, 0.1) is 6.61 Å². The zero-order valence-electron chi connectivity index (χ0n) is 9.70. The van der Waals surface area contributed by atoms with Crippen LogP contribution in [0.4, 0.5) is 0 Å². The molecule has 1 aromatic carbocycles. The van der Waals surface area contributed by atoms with Gasteiger partial charge in [0.2, 0.25) is 0 Å². The van der Waals surface area contributed by atoms with Crippen LogP contribution in [0.25, 0.3) is 0 Å². The number of piperidine rings is 1. The molecule has 1 aromatic rings. The van der Waals surface area contributed by atoms with E-state index < -0.39 is 5.60 Å². The largest absolute Gasteiger partial charge is 0.494 e. The Morgan fingerprint density at radius 3 is 2.69 bits per heavy atom. The van der Waals surface area contributed by atoms with E-state index in [4.69, 9.17) is 4.74 Å². The Bertz CT molecular complexity index is 328. The van der Waals surface area contributed by atoms with Gasteiger partial charge < -0.3 is 15.2 Å². The second-order valence-corrected chi connectivity index (χ2v) is 4.27. The third-order valence-electron chi connectivity index (χ3n) is 3.06. The van der Waals surface area contributed by atoms with E-state index in [0.717, 1.165) is 30.7 Å². The quantitative estimate of drug-likeness (QED) is 0.815. The van der Waals surface area contributed by atoms with Gasteiger partial charge in [-0.1, -0.05) is 12.1 Å². The molecule has 0 bridgehead atoms. The average Bonchev–Trinajstić information content (AvgIpc) is 2.31. The lowest BCUT2D eigenvalue weighted by Gasteiger charge is -2.33. The molecule has 1 atom stereocenters. The summed E-state index contributed by atoms with van der Waals surface area (Å²) < 4.78 is 5.38. The predicted octanol–water partition coefficient (Wildman–Crippen LogP) is 1.66. The lowest BCUT2D eigenvalue weighted by molar-refractivity contribution is 0.0123. The summed E-state index contributed by atoms with van der Waals surface area (Å²) in [5.41, 5.74) is 0.270. The van der Waals surface area contributed by atoms with Gasteiger partial charge in [-0.2, -0.15) is 0 Å². The molecule has 1 heterocycles. The predicted molar refractivity (Wildman–Crippen MR) is 63.6 cm³/mol. The first-order valence-corrected chi connectivity index (χ1v) is 5.91. The Balaban J connectivity index is 2.13. The van der Waals surface area contributed by atoms with E-state index in [1.165, 1.54) is 0 Å². The first-order chi connectivity index (χ1) is 7.74. The van der Waals surface area contributed by atoms with E-state index >= 15 is 0 Å². The summed E-state index contributed by atoms with van der Waals surface area (Å²) in [5, 5.41) is 13.7. The highest BCUT2D eigenvalue weighted by Gasteiger charge is 2.30. The van der Waals surface area contributed by atoms with Crippen LogP contribution in [-0.4, -0.2) is 24.8 Å². The number of β-amino-alcohol motifs (C(OH)–C–C–N with tert-alkyl or cyclic N) is 1. The molecule has 0 radical (unpaired) electrons. The zero-order chi connectivity index (χ0) is 11.4. The standard InChI is InChI=1S/C13H19NO2/c1-2-16-12-6-4-11(5-7-12)13(15)8-3-9-14-10-13/h4-7,14-15H,2-3,8-10H2,1H3. The van der Waals surface area contributed by atoms with Crippen LogP contribution in [0.3, 0.4) is 0 Å². The fourth-order valence-corrected chi connectivity index (χ4v) is 2.16. The Kier molecular flexibility index (Phi) is 3.46. The van der Waals surface area contributed by atoms with Crippen molar-refractivity contribution in [3.63, 3.8) is 0 Å². The summed E-state index contributed by atoms with van der Waals surface area (Å²) in [5.74, 6) is 0.860. The molecular formula is C13H19NO2. The van der Waals surface area contributed by atoms with Crippen molar-refractivity contribution in [2.24, 2.45) is 0 Å². The molecule has 3 nitrogen and oxygen atoms in total. The molecule has 1 fully saturated rings. The monoisotopic (exact) mass is 221 g/mol. The maximum Gasteiger partial charge on any atom is 0.119 e. The van der Waals surface area contributed by atoms with Crippen molar-refractivity contribution >= 4 is 0 Å². The van der Waals surface area contributed by atoms with Crippen LogP contribution in [0.15, 0.2) is 24.3 Å². The molecule has 0 spiro atoms. The number of hydrogen-bond acceptors (Lipinski definition) is 3. The van der Waals surface area contributed by atoms with Gasteiger partial charge in [0.25, 0.3) is 0 Å². The summed E-state index contributed by atoms with van der Waals surface area (Å²) in [7, 11) is 0. The second kappa shape index (κ2) is 4.85. The van der Waals surface area contributed by atoms with Crippen molar-refractivity contribution in [3.05, 3.63) is 29.8 Å². The Morgan fingerprint density at radius 1 is 1.38 bits per heavy atom. The van der Waals surface area contributed by atoms with Gasteiger partial charge >= 0.3 is 0 Å². The Morgan fingerprint density at radius 2 is 2.12 bits per heavy atom. The molecule has 0 aromatic heterocycles. The van der Waals surface area contributed by atoms with Crippen molar-refractivity contribution in [1.82, 2.24) is 5.32 Å². The fraction of sp³-hybridized carbons (Fsp3) is 0.538. The third kappa shape index (κ3) is 2.36. The molecule has 1 saturated heterocycles. The van der Waals surface area contributed by atoms with Crippen molar-refractivity contribution in [3.8, 4) is 5.75 Å². The molecule has 1 aliphatic heterocycles. The lowest BCUT2D eigenvalue weighted by Crippen LogP contribution is -2.43. The molecule has 0 amide bonds.